The second-order valence-electron chi connectivity index (χ2n) is 16.4. The summed E-state index contributed by atoms with van der Waals surface area (Å²) in [4.78, 5) is 65.9. The van der Waals surface area contributed by atoms with E-state index in [4.69, 9.17) is 10.1 Å². The number of hydrogen-bond acceptors (Lipinski definition) is 11. The molecule has 15 nitrogen and oxygen atoms in total. The Kier molecular flexibility index (Phi) is 10.3. The zero-order valence-corrected chi connectivity index (χ0v) is 33.7. The summed E-state index contributed by atoms with van der Waals surface area (Å²) in [7, 11) is 1.90. The number of imide groups is 1. The maximum Gasteiger partial charge on any atom is 0.255 e. The number of likely N-dealkylation sites (tertiary alicyclic amines) is 1. The number of aryl methyl sites for hydroxylation is 3. The summed E-state index contributed by atoms with van der Waals surface area (Å²) in [5.41, 5.74) is 9.64. The molecule has 4 aliphatic heterocycles. The molecule has 1 atom stereocenters. The van der Waals surface area contributed by atoms with E-state index in [0.29, 0.717) is 36.1 Å². The van der Waals surface area contributed by atoms with Crippen molar-refractivity contribution in [3.63, 3.8) is 0 Å². The molecule has 4 N–H and O–H groups in total. The largest absolute Gasteiger partial charge is 0.338 e. The standard InChI is InChI=1S/C44H49N11O4/c1-26-5-4-6-27(2)39(26)49-40-35-21-45-44(50-41(35)52(3)51-40)47-33-8-7-29-15-18-54(23-30(29)19-33)22-28-13-16-53(17-14-28)25-38(57)46-32-9-10-34-31(20-32)24-55(43(34)59)36-11-12-37(56)48-42(36)58/h4-10,19-21,28,36H,11-18,22-25H2,1-3H3,(H,46,57)(H,49,51)(H,45,47,50)(H,48,56,58). The molecule has 1 unspecified atom stereocenters. The van der Waals surface area contributed by atoms with Gasteiger partial charge in [0.2, 0.25) is 23.7 Å². The minimum Gasteiger partial charge on any atom is -0.338 e. The molecular formula is C44H49N11O4. The van der Waals surface area contributed by atoms with Crippen LogP contribution in [0, 0.1) is 19.8 Å². The Morgan fingerprint density at radius 1 is 0.847 bits per heavy atom. The van der Waals surface area contributed by atoms with Gasteiger partial charge in [0, 0.05) is 68.5 Å². The van der Waals surface area contributed by atoms with E-state index >= 15 is 0 Å². The number of nitrogens with one attached hydrogen (secondary N) is 4. The predicted molar refractivity (Wildman–Crippen MR) is 224 cm³/mol. The third-order valence-corrected chi connectivity index (χ3v) is 12.3. The number of aromatic nitrogens is 4. The van der Waals surface area contributed by atoms with E-state index in [1.165, 1.54) is 16.0 Å². The lowest BCUT2D eigenvalue weighted by molar-refractivity contribution is -0.137. The van der Waals surface area contributed by atoms with Crippen LogP contribution in [-0.2, 0) is 40.9 Å². The number of piperidine rings is 2. The molecule has 2 fully saturated rings. The number of fused-ring (bicyclic) bond motifs is 3. The van der Waals surface area contributed by atoms with Crippen LogP contribution in [0.2, 0.25) is 0 Å². The monoisotopic (exact) mass is 795 g/mol. The van der Waals surface area contributed by atoms with Crippen molar-refractivity contribution in [3.8, 4) is 0 Å². The lowest BCUT2D eigenvalue weighted by atomic mass is 9.93. The number of rotatable bonds is 10. The maximum absolute atomic E-state index is 13.1. The molecule has 4 amide bonds. The Labute approximate surface area is 342 Å². The van der Waals surface area contributed by atoms with Crippen LogP contribution in [0.4, 0.5) is 28.8 Å². The van der Waals surface area contributed by atoms with Crippen molar-refractivity contribution in [1.29, 1.82) is 0 Å². The molecule has 0 saturated carbocycles. The van der Waals surface area contributed by atoms with Crippen molar-refractivity contribution in [1.82, 2.24) is 39.8 Å². The smallest absolute Gasteiger partial charge is 0.255 e. The van der Waals surface area contributed by atoms with E-state index in [-0.39, 0.29) is 30.7 Å². The van der Waals surface area contributed by atoms with Crippen molar-refractivity contribution in [2.45, 2.75) is 65.1 Å². The van der Waals surface area contributed by atoms with Gasteiger partial charge in [0.1, 0.15) is 6.04 Å². The fourth-order valence-electron chi connectivity index (χ4n) is 9.05. The van der Waals surface area contributed by atoms with Gasteiger partial charge in [0.15, 0.2) is 11.5 Å². The van der Waals surface area contributed by atoms with E-state index in [1.54, 1.807) is 16.8 Å². The van der Waals surface area contributed by atoms with Crippen molar-refractivity contribution in [2.24, 2.45) is 13.0 Å². The first-order valence-corrected chi connectivity index (χ1v) is 20.5. The molecule has 4 aliphatic rings. The van der Waals surface area contributed by atoms with Gasteiger partial charge in [-0.15, -0.1) is 0 Å². The van der Waals surface area contributed by atoms with E-state index in [0.717, 1.165) is 96.9 Å². The fourth-order valence-corrected chi connectivity index (χ4v) is 9.05. The molecule has 0 bridgehead atoms. The molecule has 0 aliphatic carbocycles. The Morgan fingerprint density at radius 3 is 2.42 bits per heavy atom. The highest BCUT2D eigenvalue weighted by atomic mass is 16.2. The molecule has 15 heteroatoms. The highest BCUT2D eigenvalue weighted by Crippen LogP contribution is 2.32. The van der Waals surface area contributed by atoms with Crippen LogP contribution in [-0.4, -0.2) is 96.8 Å². The summed E-state index contributed by atoms with van der Waals surface area (Å²) in [6.45, 7) is 9.41. The number of nitrogens with zero attached hydrogens (tertiary/aromatic N) is 7. The first kappa shape index (κ1) is 38.3. The second-order valence-corrected chi connectivity index (χ2v) is 16.4. The fraction of sp³-hybridized carbons (Fsp3) is 0.386. The molecule has 9 rings (SSSR count). The van der Waals surface area contributed by atoms with Gasteiger partial charge in [-0.25, -0.2) is 9.67 Å². The molecule has 2 saturated heterocycles. The molecular weight excluding hydrogens is 747 g/mol. The molecule has 6 heterocycles. The molecule has 3 aromatic carbocycles. The van der Waals surface area contributed by atoms with Crippen LogP contribution in [0.5, 0.6) is 0 Å². The first-order chi connectivity index (χ1) is 28.5. The van der Waals surface area contributed by atoms with Crippen LogP contribution >= 0.6 is 0 Å². The maximum atomic E-state index is 13.1. The highest BCUT2D eigenvalue weighted by molar-refractivity contribution is 6.06. The average molecular weight is 796 g/mol. The number of benzene rings is 3. The van der Waals surface area contributed by atoms with Gasteiger partial charge in [-0.2, -0.15) is 10.1 Å². The number of carbonyl (C=O) groups is 4. The van der Waals surface area contributed by atoms with Crippen molar-refractivity contribution in [3.05, 3.63) is 94.2 Å². The van der Waals surface area contributed by atoms with Crippen LogP contribution in [0.1, 0.15) is 63.9 Å². The first-order valence-electron chi connectivity index (χ1n) is 20.5. The zero-order chi connectivity index (χ0) is 40.8. The Morgan fingerprint density at radius 2 is 1.63 bits per heavy atom. The summed E-state index contributed by atoms with van der Waals surface area (Å²) in [6.07, 6.45) is 5.42. The third-order valence-electron chi connectivity index (χ3n) is 12.3. The number of carbonyl (C=O) groups excluding carboxylic acids is 4. The SMILES string of the molecule is Cc1cccc(C)c1Nc1nn(C)c2nc(Nc3ccc4c(c3)CN(CC3CCN(CC(=O)Nc5ccc6c(c5)CN(C5CCC(=O)NC5=O)C6=O)CC3)CC4)ncc12. The summed E-state index contributed by atoms with van der Waals surface area (Å²) < 4.78 is 1.78. The lowest BCUT2D eigenvalue weighted by Gasteiger charge is -2.36. The summed E-state index contributed by atoms with van der Waals surface area (Å²) in [5.74, 6) is 0.742. The molecule has 59 heavy (non-hydrogen) atoms. The van der Waals surface area contributed by atoms with E-state index < -0.39 is 11.9 Å². The molecule has 2 aromatic heterocycles. The third kappa shape index (κ3) is 7.99. The topological polar surface area (TPSA) is 170 Å². The zero-order valence-electron chi connectivity index (χ0n) is 33.7. The van der Waals surface area contributed by atoms with Crippen LogP contribution in [0.15, 0.2) is 60.8 Å². The highest BCUT2D eigenvalue weighted by Gasteiger charge is 2.39. The minimum atomic E-state index is -0.669. The summed E-state index contributed by atoms with van der Waals surface area (Å²) >= 11 is 0. The van der Waals surface area contributed by atoms with E-state index in [1.807, 2.05) is 19.3 Å². The Bertz CT molecular complexity index is 2470. The van der Waals surface area contributed by atoms with Gasteiger partial charge in [0.05, 0.1) is 11.9 Å². The van der Waals surface area contributed by atoms with Crippen molar-refractivity contribution < 1.29 is 19.2 Å². The van der Waals surface area contributed by atoms with Gasteiger partial charge in [-0.05, 0) is 117 Å². The number of anilines is 5. The van der Waals surface area contributed by atoms with E-state index in [2.05, 4.69) is 86.3 Å². The molecule has 0 spiro atoms. The normalized spacial score (nSPS) is 18.8. The summed E-state index contributed by atoms with van der Waals surface area (Å²) in [6, 6.07) is 17.4. The number of hydrogen-bond donors (Lipinski definition) is 4. The molecule has 0 radical (unpaired) electrons. The number of amides is 4. The minimum absolute atomic E-state index is 0.0904. The van der Waals surface area contributed by atoms with Crippen molar-refractivity contribution >= 4 is 63.5 Å². The van der Waals surface area contributed by atoms with Crippen LogP contribution in [0.3, 0.4) is 0 Å². The van der Waals surface area contributed by atoms with Gasteiger partial charge in [-0.3, -0.25) is 34.3 Å². The van der Waals surface area contributed by atoms with Gasteiger partial charge in [-0.1, -0.05) is 24.3 Å². The number of para-hydroxylation sites is 1. The Balaban J connectivity index is 0.751. The average Bonchev–Trinajstić information content (AvgIpc) is 3.70. The van der Waals surface area contributed by atoms with Crippen LogP contribution < -0.4 is 21.3 Å². The van der Waals surface area contributed by atoms with Crippen LogP contribution in [0.25, 0.3) is 11.0 Å². The van der Waals surface area contributed by atoms with Gasteiger partial charge in [0.25, 0.3) is 5.91 Å². The predicted octanol–water partition coefficient (Wildman–Crippen LogP) is 4.94. The summed E-state index contributed by atoms with van der Waals surface area (Å²) in [5, 5.41) is 17.8. The molecule has 5 aromatic rings. The van der Waals surface area contributed by atoms with Gasteiger partial charge >= 0.3 is 0 Å². The second kappa shape index (κ2) is 15.9. The van der Waals surface area contributed by atoms with E-state index in [9.17, 15) is 19.2 Å². The Hall–Kier alpha value is -6.19. The quantitative estimate of drug-likeness (QED) is 0.141. The molecule has 304 valence electrons. The lowest BCUT2D eigenvalue weighted by Crippen LogP contribution is -2.52. The van der Waals surface area contributed by atoms with Crippen molar-refractivity contribution in [2.75, 3.05) is 48.7 Å². The van der Waals surface area contributed by atoms with Gasteiger partial charge < -0.3 is 20.9 Å².